The van der Waals surface area contributed by atoms with Gasteiger partial charge in [-0.2, -0.15) is 0 Å². The molecule has 0 aliphatic carbocycles. The van der Waals surface area contributed by atoms with E-state index in [0.717, 1.165) is 26.1 Å². The highest BCUT2D eigenvalue weighted by Crippen LogP contribution is 2.20. The first-order chi connectivity index (χ1) is 7.66. The molecule has 2 heterocycles. The van der Waals surface area contributed by atoms with Gasteiger partial charge in [0.15, 0.2) is 0 Å². The summed E-state index contributed by atoms with van der Waals surface area (Å²) in [5.41, 5.74) is 6.06. The Kier molecular flexibility index (Phi) is 3.84. The molecule has 4 nitrogen and oxygen atoms in total. The third-order valence-corrected chi connectivity index (χ3v) is 3.51. The van der Waals surface area contributed by atoms with E-state index in [1.165, 1.54) is 0 Å². The van der Waals surface area contributed by atoms with Gasteiger partial charge >= 0.3 is 0 Å². The maximum absolute atomic E-state index is 6.17. The molecule has 3 N–H and O–H groups in total. The standard InChI is InChI=1S/C12H23N3O/c1-9-4-6-15(2)8-12(9)16-11-3-5-14-7-10(11)13/h4,6,9-12,14H,3,5,7-8,13H2,1-2H3. The lowest BCUT2D eigenvalue weighted by Crippen LogP contribution is -2.53. The fourth-order valence-electron chi connectivity index (χ4n) is 2.34. The monoisotopic (exact) mass is 225 g/mol. The number of hydrogen-bond acceptors (Lipinski definition) is 4. The largest absolute Gasteiger partial charge is 0.378 e. The topological polar surface area (TPSA) is 50.5 Å². The molecule has 4 atom stereocenters. The van der Waals surface area contributed by atoms with Crippen LogP contribution in [-0.4, -0.2) is 49.8 Å². The number of hydrogen-bond donors (Lipinski definition) is 2. The van der Waals surface area contributed by atoms with Crippen LogP contribution >= 0.6 is 0 Å². The van der Waals surface area contributed by atoms with E-state index in [1.54, 1.807) is 0 Å². The molecule has 0 amide bonds. The molecule has 1 fully saturated rings. The normalized spacial score (nSPS) is 40.1. The number of ether oxygens (including phenoxy) is 1. The van der Waals surface area contributed by atoms with Crippen LogP contribution in [0.25, 0.3) is 0 Å². The Morgan fingerprint density at radius 3 is 3.00 bits per heavy atom. The van der Waals surface area contributed by atoms with Gasteiger partial charge in [0.2, 0.25) is 0 Å². The van der Waals surface area contributed by atoms with Gasteiger partial charge in [-0.25, -0.2) is 0 Å². The van der Waals surface area contributed by atoms with E-state index < -0.39 is 0 Å². The first kappa shape index (κ1) is 11.9. The number of piperidine rings is 1. The summed E-state index contributed by atoms with van der Waals surface area (Å²) in [6.07, 6.45) is 5.86. The van der Waals surface area contributed by atoms with E-state index >= 15 is 0 Å². The summed E-state index contributed by atoms with van der Waals surface area (Å²) in [4.78, 5) is 2.18. The summed E-state index contributed by atoms with van der Waals surface area (Å²) in [6.45, 7) is 5.07. The summed E-state index contributed by atoms with van der Waals surface area (Å²) in [5.74, 6) is 0.485. The van der Waals surface area contributed by atoms with Gasteiger partial charge in [0.25, 0.3) is 0 Å². The number of likely N-dealkylation sites (N-methyl/N-ethyl adjacent to an activating group) is 1. The SMILES string of the molecule is CC1C=CN(C)CC1OC1CCNCC1N. The van der Waals surface area contributed by atoms with E-state index in [9.17, 15) is 0 Å². The molecule has 0 aromatic heterocycles. The Bertz CT molecular complexity index is 257. The average molecular weight is 225 g/mol. The van der Waals surface area contributed by atoms with E-state index in [0.29, 0.717) is 5.92 Å². The molecule has 0 bridgehead atoms. The molecular formula is C12H23N3O. The summed E-state index contributed by atoms with van der Waals surface area (Å²) in [6, 6.07) is 0.136. The molecule has 2 rings (SSSR count). The smallest absolute Gasteiger partial charge is 0.0814 e. The molecule has 1 saturated heterocycles. The Balaban J connectivity index is 1.90. The molecule has 4 unspecified atom stereocenters. The quantitative estimate of drug-likeness (QED) is 0.703. The maximum atomic E-state index is 6.17. The van der Waals surface area contributed by atoms with Crippen LogP contribution in [0.2, 0.25) is 0 Å². The fourth-order valence-corrected chi connectivity index (χ4v) is 2.34. The van der Waals surface area contributed by atoms with Crippen LogP contribution in [-0.2, 0) is 4.74 Å². The first-order valence-electron chi connectivity index (χ1n) is 6.17. The van der Waals surface area contributed by atoms with Crippen molar-refractivity contribution in [3.05, 3.63) is 12.3 Å². The number of nitrogens with one attached hydrogen (secondary N) is 1. The van der Waals surface area contributed by atoms with Crippen molar-refractivity contribution in [3.63, 3.8) is 0 Å². The maximum Gasteiger partial charge on any atom is 0.0814 e. The van der Waals surface area contributed by atoms with Crippen LogP contribution in [0.4, 0.5) is 0 Å². The molecule has 2 aliphatic heterocycles. The molecule has 16 heavy (non-hydrogen) atoms. The van der Waals surface area contributed by atoms with Crippen molar-refractivity contribution in [3.8, 4) is 0 Å². The van der Waals surface area contributed by atoms with Crippen molar-refractivity contribution in [2.24, 2.45) is 11.7 Å². The van der Waals surface area contributed by atoms with E-state index in [4.69, 9.17) is 10.5 Å². The summed E-state index contributed by atoms with van der Waals surface area (Å²) in [5, 5.41) is 3.29. The van der Waals surface area contributed by atoms with Crippen LogP contribution in [0.5, 0.6) is 0 Å². The van der Waals surface area contributed by atoms with E-state index in [1.807, 2.05) is 0 Å². The van der Waals surface area contributed by atoms with Gasteiger partial charge in [-0.1, -0.05) is 13.0 Å². The van der Waals surface area contributed by atoms with Crippen LogP contribution in [0, 0.1) is 5.92 Å². The molecule has 4 heteroatoms. The predicted octanol–water partition coefficient (Wildman–Crippen LogP) is 0.156. The Hall–Kier alpha value is -0.580. The van der Waals surface area contributed by atoms with Gasteiger partial charge in [-0.3, -0.25) is 0 Å². The second-order valence-corrected chi connectivity index (χ2v) is 5.01. The van der Waals surface area contributed by atoms with Crippen molar-refractivity contribution < 1.29 is 4.74 Å². The summed E-state index contributed by atoms with van der Waals surface area (Å²) in [7, 11) is 2.08. The lowest BCUT2D eigenvalue weighted by molar-refractivity contribution is -0.0620. The summed E-state index contributed by atoms with van der Waals surface area (Å²) < 4.78 is 6.17. The van der Waals surface area contributed by atoms with E-state index in [-0.39, 0.29) is 18.2 Å². The Morgan fingerprint density at radius 1 is 1.44 bits per heavy atom. The third-order valence-electron chi connectivity index (χ3n) is 3.51. The highest BCUT2D eigenvalue weighted by Gasteiger charge is 2.29. The average Bonchev–Trinajstić information content (AvgIpc) is 2.27. The summed E-state index contributed by atoms with van der Waals surface area (Å²) >= 11 is 0. The number of nitrogens with two attached hydrogens (primary N) is 1. The minimum atomic E-state index is 0.136. The highest BCUT2D eigenvalue weighted by atomic mass is 16.5. The highest BCUT2D eigenvalue weighted by molar-refractivity contribution is 4.97. The van der Waals surface area contributed by atoms with Crippen molar-refractivity contribution in [2.45, 2.75) is 31.6 Å². The van der Waals surface area contributed by atoms with Crippen molar-refractivity contribution >= 4 is 0 Å². The number of nitrogens with zero attached hydrogens (tertiary/aromatic N) is 1. The zero-order valence-corrected chi connectivity index (χ0v) is 10.2. The molecule has 0 aromatic rings. The van der Waals surface area contributed by atoms with Crippen LogP contribution in [0.15, 0.2) is 12.3 Å². The minimum absolute atomic E-state index is 0.136. The zero-order valence-electron chi connectivity index (χ0n) is 10.2. The van der Waals surface area contributed by atoms with Crippen LogP contribution < -0.4 is 11.1 Å². The van der Waals surface area contributed by atoms with Gasteiger partial charge < -0.3 is 20.7 Å². The van der Waals surface area contributed by atoms with Gasteiger partial charge in [0.05, 0.1) is 12.2 Å². The second-order valence-electron chi connectivity index (χ2n) is 5.01. The fraction of sp³-hybridized carbons (Fsp3) is 0.833. The lowest BCUT2D eigenvalue weighted by Gasteiger charge is -2.37. The van der Waals surface area contributed by atoms with Crippen LogP contribution in [0.3, 0.4) is 0 Å². The third kappa shape index (κ3) is 2.75. The van der Waals surface area contributed by atoms with Crippen molar-refractivity contribution in [1.82, 2.24) is 10.2 Å². The predicted molar refractivity (Wildman–Crippen MR) is 65.1 cm³/mol. The van der Waals surface area contributed by atoms with Gasteiger partial charge in [-0.15, -0.1) is 0 Å². The molecule has 0 radical (unpaired) electrons. The molecule has 0 aromatic carbocycles. The molecular weight excluding hydrogens is 202 g/mol. The van der Waals surface area contributed by atoms with Gasteiger partial charge in [-0.05, 0) is 19.2 Å². The molecule has 0 saturated carbocycles. The van der Waals surface area contributed by atoms with Gasteiger partial charge in [0.1, 0.15) is 0 Å². The van der Waals surface area contributed by atoms with Gasteiger partial charge in [0, 0.05) is 32.1 Å². The lowest BCUT2D eigenvalue weighted by atomic mass is 9.99. The van der Waals surface area contributed by atoms with Crippen molar-refractivity contribution in [1.29, 1.82) is 0 Å². The van der Waals surface area contributed by atoms with Crippen LogP contribution in [0.1, 0.15) is 13.3 Å². The van der Waals surface area contributed by atoms with Crippen molar-refractivity contribution in [2.75, 3.05) is 26.7 Å². The zero-order chi connectivity index (χ0) is 11.5. The molecule has 92 valence electrons. The first-order valence-corrected chi connectivity index (χ1v) is 6.17. The molecule has 0 spiro atoms. The second kappa shape index (κ2) is 5.17. The Morgan fingerprint density at radius 2 is 2.25 bits per heavy atom. The minimum Gasteiger partial charge on any atom is -0.378 e. The van der Waals surface area contributed by atoms with E-state index in [2.05, 4.69) is 36.5 Å². The number of rotatable bonds is 2. The Labute approximate surface area is 97.8 Å². The molecule has 2 aliphatic rings.